The molecule has 1 rings (SSSR count). The first kappa shape index (κ1) is 18.3. The minimum atomic E-state index is -3.40. The van der Waals surface area contributed by atoms with Gasteiger partial charge in [-0.1, -0.05) is 0 Å². The molecule has 0 amide bonds. The van der Waals surface area contributed by atoms with E-state index in [-0.39, 0.29) is 0 Å². The number of benzene rings is 1. The lowest BCUT2D eigenvalue weighted by Gasteiger charge is -2.16. The first-order chi connectivity index (χ1) is 10.0. The maximum Gasteiger partial charge on any atom is 0.242 e. The molecular formula is C14H24N2O3S2. The third kappa shape index (κ3) is 5.86. The molecule has 0 aliphatic heterocycles. The molecule has 5 nitrogen and oxygen atoms in total. The van der Waals surface area contributed by atoms with E-state index in [2.05, 4.69) is 5.32 Å². The van der Waals surface area contributed by atoms with Crippen LogP contribution in [0.25, 0.3) is 0 Å². The molecule has 0 bridgehead atoms. The van der Waals surface area contributed by atoms with Crippen LogP contribution in [-0.4, -0.2) is 58.5 Å². The number of nitrogens with zero attached hydrogens (tertiary/aromatic N) is 1. The van der Waals surface area contributed by atoms with Crippen molar-refractivity contribution in [3.8, 4) is 5.75 Å². The predicted molar refractivity (Wildman–Crippen MR) is 88.7 cm³/mol. The summed E-state index contributed by atoms with van der Waals surface area (Å²) in [6.45, 7) is 2.01. The van der Waals surface area contributed by atoms with Gasteiger partial charge >= 0.3 is 0 Å². The quantitative estimate of drug-likeness (QED) is 0.660. The Bertz CT molecular complexity index is 503. The van der Waals surface area contributed by atoms with Gasteiger partial charge in [-0.15, -0.1) is 0 Å². The van der Waals surface area contributed by atoms with Gasteiger partial charge in [0.15, 0.2) is 0 Å². The van der Waals surface area contributed by atoms with Crippen molar-refractivity contribution in [2.24, 2.45) is 0 Å². The Labute approximate surface area is 132 Å². The summed E-state index contributed by atoms with van der Waals surface area (Å²) >= 11 is 1.63. The maximum atomic E-state index is 12.3. The maximum absolute atomic E-state index is 12.3. The van der Waals surface area contributed by atoms with Crippen molar-refractivity contribution in [3.05, 3.63) is 24.3 Å². The first-order valence-electron chi connectivity index (χ1n) is 6.85. The molecule has 1 aromatic carbocycles. The third-order valence-electron chi connectivity index (χ3n) is 2.98. The van der Waals surface area contributed by atoms with Gasteiger partial charge in [0.05, 0.1) is 11.5 Å². The van der Waals surface area contributed by atoms with E-state index < -0.39 is 10.0 Å². The standard InChI is InChI=1S/C14H24N2O3S2/c1-15-9-4-11-19-13-5-7-14(8-6-13)21(17,18)16(2)10-12-20-3/h5-8,15H,4,9-12H2,1-3H3. The monoisotopic (exact) mass is 332 g/mol. The highest BCUT2D eigenvalue weighted by atomic mass is 32.2. The first-order valence-corrected chi connectivity index (χ1v) is 9.68. The average molecular weight is 332 g/mol. The summed E-state index contributed by atoms with van der Waals surface area (Å²) in [6, 6.07) is 6.60. The molecular weight excluding hydrogens is 308 g/mol. The van der Waals surface area contributed by atoms with Crippen LogP contribution in [-0.2, 0) is 10.0 Å². The van der Waals surface area contributed by atoms with Gasteiger partial charge in [-0.2, -0.15) is 11.8 Å². The van der Waals surface area contributed by atoms with Crippen LogP contribution in [0.2, 0.25) is 0 Å². The van der Waals surface area contributed by atoms with E-state index in [4.69, 9.17) is 4.74 Å². The van der Waals surface area contributed by atoms with E-state index in [0.29, 0.717) is 23.8 Å². The third-order valence-corrected chi connectivity index (χ3v) is 5.44. The van der Waals surface area contributed by atoms with Gasteiger partial charge in [0.25, 0.3) is 0 Å². The fraction of sp³-hybridized carbons (Fsp3) is 0.571. The summed E-state index contributed by atoms with van der Waals surface area (Å²) in [4.78, 5) is 0.300. The predicted octanol–water partition coefficient (Wildman–Crippen LogP) is 1.66. The van der Waals surface area contributed by atoms with Gasteiger partial charge < -0.3 is 10.1 Å². The lowest BCUT2D eigenvalue weighted by Crippen LogP contribution is -2.29. The molecule has 0 aliphatic carbocycles. The number of hydrogen-bond donors (Lipinski definition) is 1. The molecule has 0 saturated heterocycles. The molecule has 0 heterocycles. The molecule has 0 aliphatic rings. The minimum absolute atomic E-state index is 0.300. The Morgan fingerprint density at radius 2 is 1.95 bits per heavy atom. The molecule has 1 aromatic rings. The van der Waals surface area contributed by atoms with Gasteiger partial charge in [0, 0.05) is 19.3 Å². The Morgan fingerprint density at radius 1 is 1.29 bits per heavy atom. The highest BCUT2D eigenvalue weighted by Gasteiger charge is 2.19. The summed E-state index contributed by atoms with van der Waals surface area (Å²) in [5.74, 6) is 1.47. The van der Waals surface area contributed by atoms with Gasteiger partial charge in [-0.3, -0.25) is 0 Å². The van der Waals surface area contributed by atoms with Gasteiger partial charge in [-0.05, 0) is 50.5 Å². The minimum Gasteiger partial charge on any atom is -0.494 e. The SMILES string of the molecule is CNCCCOc1ccc(S(=O)(=O)N(C)CCSC)cc1. The molecule has 0 radical (unpaired) electrons. The average Bonchev–Trinajstić information content (AvgIpc) is 2.49. The van der Waals surface area contributed by atoms with E-state index in [1.54, 1.807) is 43.1 Å². The van der Waals surface area contributed by atoms with Crippen LogP contribution in [0.5, 0.6) is 5.75 Å². The molecule has 7 heteroatoms. The Kier molecular flexibility index (Phi) is 8.10. The number of hydrogen-bond acceptors (Lipinski definition) is 5. The van der Waals surface area contributed by atoms with Crippen LogP contribution < -0.4 is 10.1 Å². The van der Waals surface area contributed by atoms with Gasteiger partial charge in [0.2, 0.25) is 10.0 Å². The zero-order valence-electron chi connectivity index (χ0n) is 12.8. The molecule has 0 atom stereocenters. The van der Waals surface area contributed by atoms with Crippen LogP contribution >= 0.6 is 11.8 Å². The second-order valence-corrected chi connectivity index (χ2v) is 7.63. The van der Waals surface area contributed by atoms with E-state index in [9.17, 15) is 8.42 Å². The fourth-order valence-electron chi connectivity index (χ4n) is 1.67. The molecule has 120 valence electrons. The van der Waals surface area contributed by atoms with Crippen molar-refractivity contribution >= 4 is 21.8 Å². The highest BCUT2D eigenvalue weighted by Crippen LogP contribution is 2.19. The molecule has 0 fully saturated rings. The fourth-order valence-corrected chi connectivity index (χ4v) is 3.41. The highest BCUT2D eigenvalue weighted by molar-refractivity contribution is 7.98. The van der Waals surface area contributed by atoms with E-state index in [1.165, 1.54) is 4.31 Å². The summed E-state index contributed by atoms with van der Waals surface area (Å²) in [6.07, 6.45) is 2.87. The second-order valence-electron chi connectivity index (χ2n) is 4.60. The summed E-state index contributed by atoms with van der Waals surface area (Å²) in [5.41, 5.74) is 0. The number of rotatable bonds is 10. The van der Waals surface area contributed by atoms with Gasteiger partial charge in [-0.25, -0.2) is 12.7 Å². The van der Waals surface area contributed by atoms with Crippen LogP contribution in [0.3, 0.4) is 0 Å². The van der Waals surface area contributed by atoms with Crippen molar-refractivity contribution in [2.45, 2.75) is 11.3 Å². The van der Waals surface area contributed by atoms with E-state index in [0.717, 1.165) is 18.7 Å². The Balaban J connectivity index is 2.63. The Morgan fingerprint density at radius 3 is 2.52 bits per heavy atom. The number of thioether (sulfide) groups is 1. The zero-order valence-corrected chi connectivity index (χ0v) is 14.5. The second kappa shape index (κ2) is 9.30. The van der Waals surface area contributed by atoms with Crippen LogP contribution in [0.1, 0.15) is 6.42 Å². The van der Waals surface area contributed by atoms with E-state index in [1.807, 2.05) is 13.3 Å². The summed E-state index contributed by atoms with van der Waals surface area (Å²) < 4.78 is 31.6. The molecule has 21 heavy (non-hydrogen) atoms. The van der Waals surface area contributed by atoms with E-state index >= 15 is 0 Å². The van der Waals surface area contributed by atoms with Crippen molar-refractivity contribution in [1.82, 2.24) is 9.62 Å². The van der Waals surface area contributed by atoms with Crippen molar-refractivity contribution in [1.29, 1.82) is 0 Å². The lowest BCUT2D eigenvalue weighted by atomic mass is 10.3. The summed E-state index contributed by atoms with van der Waals surface area (Å²) in [5, 5.41) is 3.05. The molecule has 0 unspecified atom stereocenters. The smallest absolute Gasteiger partial charge is 0.242 e. The topological polar surface area (TPSA) is 58.6 Å². The van der Waals surface area contributed by atoms with Crippen LogP contribution in [0.4, 0.5) is 0 Å². The number of nitrogens with one attached hydrogen (secondary N) is 1. The Hall–Kier alpha value is -0.760. The normalized spacial score (nSPS) is 11.8. The molecule has 0 spiro atoms. The van der Waals surface area contributed by atoms with Crippen molar-refractivity contribution < 1.29 is 13.2 Å². The lowest BCUT2D eigenvalue weighted by molar-refractivity contribution is 0.309. The van der Waals surface area contributed by atoms with Crippen LogP contribution in [0, 0.1) is 0 Å². The molecule has 0 aromatic heterocycles. The zero-order chi connectivity index (χ0) is 15.7. The number of ether oxygens (including phenoxy) is 1. The largest absolute Gasteiger partial charge is 0.494 e. The summed E-state index contributed by atoms with van der Waals surface area (Å²) in [7, 11) is 0.0982. The molecule has 0 saturated carbocycles. The van der Waals surface area contributed by atoms with Crippen LogP contribution in [0.15, 0.2) is 29.2 Å². The van der Waals surface area contributed by atoms with Crippen molar-refractivity contribution in [3.63, 3.8) is 0 Å². The van der Waals surface area contributed by atoms with Crippen molar-refractivity contribution in [2.75, 3.05) is 45.8 Å². The number of sulfonamides is 1. The van der Waals surface area contributed by atoms with Gasteiger partial charge in [0.1, 0.15) is 5.75 Å². The molecule has 1 N–H and O–H groups in total.